The molecular formula is C20H26N6O. The third-order valence-corrected chi connectivity index (χ3v) is 4.69. The zero-order chi connectivity index (χ0) is 19.2. The molecule has 1 aliphatic rings. The highest BCUT2D eigenvalue weighted by Crippen LogP contribution is 2.30. The van der Waals surface area contributed by atoms with Gasteiger partial charge in [-0.2, -0.15) is 0 Å². The fourth-order valence-corrected chi connectivity index (χ4v) is 3.32. The molecule has 7 heteroatoms. The molecule has 0 saturated carbocycles. The smallest absolute Gasteiger partial charge is 0.122 e. The number of nitrogens with two attached hydrogens (primary N) is 2. The molecule has 2 aromatic heterocycles. The van der Waals surface area contributed by atoms with Crippen LogP contribution >= 0.6 is 0 Å². The highest BCUT2D eigenvalue weighted by atomic mass is 16.5. The number of hydrogen-bond donors (Lipinski definition) is 3. The molecule has 0 atom stereocenters. The summed E-state index contributed by atoms with van der Waals surface area (Å²) in [4.78, 5) is 13.2. The summed E-state index contributed by atoms with van der Waals surface area (Å²) in [6, 6.07) is 8.34. The molecule has 142 valence electrons. The second-order valence-corrected chi connectivity index (χ2v) is 6.61. The molecule has 4 rings (SSSR count). The Morgan fingerprint density at radius 3 is 2.56 bits per heavy atom. The lowest BCUT2D eigenvalue weighted by Gasteiger charge is -2.24. The average Bonchev–Trinajstić information content (AvgIpc) is 2.71. The quantitative estimate of drug-likeness (QED) is 0.481. The Morgan fingerprint density at radius 1 is 1.04 bits per heavy atom. The van der Waals surface area contributed by atoms with Gasteiger partial charge in [-0.1, -0.05) is 0 Å². The molecule has 0 bridgehead atoms. The maximum absolute atomic E-state index is 6.20. The summed E-state index contributed by atoms with van der Waals surface area (Å²) in [7, 11) is 0. The fraction of sp³-hybridized carbons (Fsp3) is 0.350. The van der Waals surface area contributed by atoms with Crippen LogP contribution < -0.4 is 21.7 Å². The van der Waals surface area contributed by atoms with Gasteiger partial charge in [0, 0.05) is 16.6 Å². The van der Waals surface area contributed by atoms with E-state index in [0.717, 1.165) is 65.1 Å². The van der Waals surface area contributed by atoms with E-state index in [4.69, 9.17) is 4.74 Å². The van der Waals surface area contributed by atoms with Crippen LogP contribution in [0.5, 0.6) is 5.75 Å². The maximum Gasteiger partial charge on any atom is 0.122 e. The van der Waals surface area contributed by atoms with Crippen LogP contribution in [0, 0.1) is 13.8 Å². The van der Waals surface area contributed by atoms with Crippen LogP contribution in [0.1, 0.15) is 24.1 Å². The lowest BCUT2D eigenvalue weighted by molar-refractivity contribution is 0.161. The molecule has 1 fully saturated rings. The molecular weight excluding hydrogens is 340 g/mol. The van der Waals surface area contributed by atoms with Gasteiger partial charge in [-0.05, 0) is 69.6 Å². The van der Waals surface area contributed by atoms with Gasteiger partial charge >= 0.3 is 0 Å². The Balaban J connectivity index is 0.00000102. The number of aromatic nitrogens is 3. The molecule has 27 heavy (non-hydrogen) atoms. The van der Waals surface area contributed by atoms with E-state index in [0.29, 0.717) is 6.10 Å². The molecule has 7 nitrogen and oxygen atoms in total. The zero-order valence-electron chi connectivity index (χ0n) is 15.8. The monoisotopic (exact) mass is 366 g/mol. The van der Waals surface area contributed by atoms with Gasteiger partial charge in [0.2, 0.25) is 0 Å². The van der Waals surface area contributed by atoms with Crippen LogP contribution in [0.4, 0.5) is 0 Å². The van der Waals surface area contributed by atoms with Crippen LogP contribution in [-0.4, -0.2) is 34.1 Å². The number of ether oxygens (including phenoxy) is 1. The summed E-state index contributed by atoms with van der Waals surface area (Å²) >= 11 is 0. The first-order valence-electron chi connectivity index (χ1n) is 9.10. The Hall–Kier alpha value is -2.61. The fourth-order valence-electron chi connectivity index (χ4n) is 3.32. The lowest BCUT2D eigenvalue weighted by Crippen LogP contribution is -2.34. The third-order valence-electron chi connectivity index (χ3n) is 4.69. The van der Waals surface area contributed by atoms with Gasteiger partial charge in [-0.3, -0.25) is 16.7 Å². The number of hydrogen-bond acceptors (Lipinski definition) is 7. The number of benzene rings is 1. The van der Waals surface area contributed by atoms with E-state index >= 15 is 0 Å². The lowest BCUT2D eigenvalue weighted by atomic mass is 10.0. The Morgan fingerprint density at radius 2 is 1.81 bits per heavy atom. The van der Waals surface area contributed by atoms with Crippen molar-refractivity contribution in [2.24, 2.45) is 11.7 Å². The topological polar surface area (TPSA) is 112 Å². The minimum atomic E-state index is 0.305. The molecule has 1 aromatic carbocycles. The molecule has 0 radical (unpaired) electrons. The van der Waals surface area contributed by atoms with Crippen molar-refractivity contribution >= 4 is 10.9 Å². The Kier molecular flexibility index (Phi) is 6.28. The molecule has 3 heterocycles. The van der Waals surface area contributed by atoms with Gasteiger partial charge in [-0.25, -0.2) is 9.97 Å². The number of rotatable bonds is 3. The van der Waals surface area contributed by atoms with Crippen LogP contribution in [-0.2, 0) is 0 Å². The number of nitrogens with one attached hydrogen (secondary N) is 1. The van der Waals surface area contributed by atoms with Crippen LogP contribution in [0.3, 0.4) is 0 Å². The van der Waals surface area contributed by atoms with Gasteiger partial charge < -0.3 is 10.1 Å². The minimum Gasteiger partial charge on any atom is -0.490 e. The average molecular weight is 366 g/mol. The number of fused-ring (bicyclic) bond motifs is 1. The van der Waals surface area contributed by atoms with Gasteiger partial charge in [0.15, 0.2) is 0 Å². The molecule has 3 aromatic rings. The van der Waals surface area contributed by atoms with E-state index in [9.17, 15) is 0 Å². The van der Waals surface area contributed by atoms with E-state index in [2.05, 4.69) is 57.1 Å². The second kappa shape index (κ2) is 8.85. The van der Waals surface area contributed by atoms with Gasteiger partial charge in [0.1, 0.15) is 18.2 Å². The second-order valence-electron chi connectivity index (χ2n) is 6.61. The van der Waals surface area contributed by atoms with Crippen molar-refractivity contribution in [1.82, 2.24) is 20.3 Å². The predicted octanol–water partition coefficient (Wildman–Crippen LogP) is 2.26. The number of aryl methyl sites for hydroxylation is 2. The van der Waals surface area contributed by atoms with E-state index in [1.54, 1.807) is 12.5 Å². The van der Waals surface area contributed by atoms with Crippen molar-refractivity contribution in [2.45, 2.75) is 32.8 Å². The molecule has 1 aliphatic heterocycles. The number of piperidine rings is 1. The Labute approximate surface area is 159 Å². The standard InChI is InChI=1S/C20H22N4O.H4N2/c1-13-9-15(3-4-19(13)25-16-5-7-21-8-6-16)20-17-10-14(2)22-11-18(17)23-12-24-20;1-2/h3-4,9-12,16,21H,5-8H2,1-2H3;1-2H2. The van der Waals surface area contributed by atoms with E-state index < -0.39 is 0 Å². The highest BCUT2D eigenvalue weighted by molar-refractivity contribution is 5.92. The van der Waals surface area contributed by atoms with E-state index in [1.807, 2.05) is 13.0 Å². The number of nitrogens with zero attached hydrogens (tertiary/aromatic N) is 3. The van der Waals surface area contributed by atoms with E-state index in [1.165, 1.54) is 0 Å². The van der Waals surface area contributed by atoms with Crippen LogP contribution in [0.2, 0.25) is 0 Å². The normalized spacial score (nSPS) is 14.5. The number of pyridine rings is 1. The Bertz CT molecular complexity index is 908. The summed E-state index contributed by atoms with van der Waals surface area (Å²) in [5, 5.41) is 4.40. The summed E-state index contributed by atoms with van der Waals surface area (Å²) in [6.07, 6.45) is 5.83. The van der Waals surface area contributed by atoms with Crippen molar-refractivity contribution in [3.05, 3.63) is 48.0 Å². The zero-order valence-corrected chi connectivity index (χ0v) is 15.8. The maximum atomic E-state index is 6.20. The summed E-state index contributed by atoms with van der Waals surface area (Å²) in [5.74, 6) is 8.96. The molecule has 0 spiro atoms. The SMILES string of the molecule is Cc1cc2c(-c3ccc(OC4CCNCC4)c(C)c3)ncnc2cn1.NN. The van der Waals surface area contributed by atoms with Crippen molar-refractivity contribution in [1.29, 1.82) is 0 Å². The van der Waals surface area contributed by atoms with Crippen molar-refractivity contribution in [2.75, 3.05) is 13.1 Å². The van der Waals surface area contributed by atoms with Crippen molar-refractivity contribution in [3.63, 3.8) is 0 Å². The van der Waals surface area contributed by atoms with E-state index in [-0.39, 0.29) is 0 Å². The summed E-state index contributed by atoms with van der Waals surface area (Å²) in [5.41, 5.74) is 4.98. The third kappa shape index (κ3) is 4.39. The molecule has 0 amide bonds. The molecule has 0 unspecified atom stereocenters. The molecule has 0 aliphatic carbocycles. The first kappa shape index (κ1) is 19.2. The largest absolute Gasteiger partial charge is 0.490 e. The molecule has 5 N–H and O–H groups in total. The van der Waals surface area contributed by atoms with Crippen LogP contribution in [0.25, 0.3) is 22.2 Å². The van der Waals surface area contributed by atoms with Gasteiger partial charge in [0.05, 0.1) is 17.4 Å². The predicted molar refractivity (Wildman–Crippen MR) is 107 cm³/mol. The minimum absolute atomic E-state index is 0.305. The summed E-state index contributed by atoms with van der Waals surface area (Å²) < 4.78 is 6.20. The summed E-state index contributed by atoms with van der Waals surface area (Å²) in [6.45, 7) is 6.14. The van der Waals surface area contributed by atoms with Crippen molar-refractivity contribution in [3.8, 4) is 17.0 Å². The first-order chi connectivity index (χ1) is 13.2. The van der Waals surface area contributed by atoms with Gasteiger partial charge in [0.25, 0.3) is 0 Å². The first-order valence-corrected chi connectivity index (χ1v) is 9.10. The van der Waals surface area contributed by atoms with Crippen LogP contribution in [0.15, 0.2) is 36.8 Å². The highest BCUT2D eigenvalue weighted by Gasteiger charge is 2.16. The number of hydrazine groups is 1. The molecule has 1 saturated heterocycles. The van der Waals surface area contributed by atoms with Gasteiger partial charge in [-0.15, -0.1) is 0 Å². The van der Waals surface area contributed by atoms with Crippen molar-refractivity contribution < 1.29 is 4.74 Å².